The molecule has 0 aromatic heterocycles. The van der Waals surface area contributed by atoms with Crippen LogP contribution in [0.4, 0.5) is 5.69 Å². The summed E-state index contributed by atoms with van der Waals surface area (Å²) in [5, 5.41) is 0. The number of piperazine rings is 1. The molecule has 0 saturated carbocycles. The molecule has 1 aromatic rings. The zero-order chi connectivity index (χ0) is 11.7. The van der Waals surface area contributed by atoms with Crippen LogP contribution in [0.25, 0.3) is 0 Å². The van der Waals surface area contributed by atoms with Gasteiger partial charge in [0, 0.05) is 31.4 Å². The molecule has 0 bridgehead atoms. The van der Waals surface area contributed by atoms with Gasteiger partial charge in [-0.25, -0.2) is 0 Å². The number of rotatable bonds is 2. The van der Waals surface area contributed by atoms with Gasteiger partial charge in [0.25, 0.3) is 0 Å². The second-order valence-electron chi connectivity index (χ2n) is 5.30. The van der Waals surface area contributed by atoms with Crippen LogP contribution in [0.15, 0.2) is 24.3 Å². The topological polar surface area (TPSA) is 6.48 Å². The maximum Gasteiger partial charge on any atom is 0.0367 e. The molecule has 2 heterocycles. The molecule has 2 heteroatoms. The van der Waals surface area contributed by atoms with Crippen LogP contribution in [0.2, 0.25) is 0 Å². The lowest BCUT2D eigenvalue weighted by molar-refractivity contribution is 0.231. The third kappa shape index (κ3) is 2.19. The Kier molecular flexibility index (Phi) is 3.06. The Bertz CT molecular complexity index is 371. The van der Waals surface area contributed by atoms with E-state index in [9.17, 15) is 0 Å². The van der Waals surface area contributed by atoms with Crippen LogP contribution >= 0.6 is 0 Å². The zero-order valence-corrected chi connectivity index (χ0v) is 10.7. The lowest BCUT2D eigenvalue weighted by Gasteiger charge is -2.38. The summed E-state index contributed by atoms with van der Waals surface area (Å²) in [6.45, 7) is 7.22. The van der Waals surface area contributed by atoms with E-state index in [0.29, 0.717) is 0 Å². The first-order valence-corrected chi connectivity index (χ1v) is 6.95. The van der Waals surface area contributed by atoms with Gasteiger partial charge in [-0.15, -0.1) is 0 Å². The number of anilines is 1. The maximum atomic E-state index is 2.66. The van der Waals surface area contributed by atoms with Crippen molar-refractivity contribution in [2.75, 3.05) is 31.1 Å². The van der Waals surface area contributed by atoms with E-state index >= 15 is 0 Å². The van der Waals surface area contributed by atoms with E-state index in [2.05, 4.69) is 41.0 Å². The van der Waals surface area contributed by atoms with E-state index in [1.54, 1.807) is 0 Å². The van der Waals surface area contributed by atoms with Gasteiger partial charge in [-0.2, -0.15) is 0 Å². The molecule has 2 saturated heterocycles. The maximum absolute atomic E-state index is 2.66. The second-order valence-corrected chi connectivity index (χ2v) is 5.30. The van der Waals surface area contributed by atoms with Crippen molar-refractivity contribution in [2.45, 2.75) is 32.2 Å². The summed E-state index contributed by atoms with van der Waals surface area (Å²) >= 11 is 0. The molecule has 3 rings (SSSR count). The third-order valence-corrected chi connectivity index (χ3v) is 4.30. The fourth-order valence-corrected chi connectivity index (χ4v) is 3.17. The Balaban J connectivity index is 1.71. The standard InChI is InChI=1S/C15H22N2/c1-2-13-5-7-14(8-6-13)17-11-10-16-9-3-4-15(16)12-17/h5-8,15H,2-4,9-12H2,1H3. The summed E-state index contributed by atoms with van der Waals surface area (Å²) in [5.74, 6) is 0. The van der Waals surface area contributed by atoms with Gasteiger partial charge in [-0.1, -0.05) is 19.1 Å². The van der Waals surface area contributed by atoms with Crippen molar-refractivity contribution in [1.82, 2.24) is 4.90 Å². The molecule has 2 aliphatic rings. The first kappa shape index (κ1) is 11.1. The highest BCUT2D eigenvalue weighted by Gasteiger charge is 2.30. The van der Waals surface area contributed by atoms with Crippen LogP contribution in [0, 0.1) is 0 Å². The average Bonchev–Trinajstić information content (AvgIpc) is 2.86. The fourth-order valence-electron chi connectivity index (χ4n) is 3.17. The molecule has 2 nitrogen and oxygen atoms in total. The number of hydrogen-bond acceptors (Lipinski definition) is 2. The van der Waals surface area contributed by atoms with E-state index in [1.165, 1.54) is 50.3 Å². The predicted octanol–water partition coefficient (Wildman–Crippen LogP) is 2.53. The molecule has 0 spiro atoms. The number of hydrogen-bond donors (Lipinski definition) is 0. The van der Waals surface area contributed by atoms with Crippen LogP contribution in [-0.2, 0) is 6.42 Å². The summed E-state index contributed by atoms with van der Waals surface area (Å²) in [6, 6.07) is 9.95. The molecule has 2 fully saturated rings. The minimum absolute atomic E-state index is 0.814. The molecule has 0 aliphatic carbocycles. The van der Waals surface area contributed by atoms with Gasteiger partial charge in [-0.05, 0) is 43.5 Å². The largest absolute Gasteiger partial charge is 0.369 e. The molecule has 1 atom stereocenters. The fraction of sp³-hybridized carbons (Fsp3) is 0.600. The Morgan fingerprint density at radius 1 is 1.12 bits per heavy atom. The SMILES string of the molecule is CCc1ccc(N2CCN3CCCC3C2)cc1. The smallest absolute Gasteiger partial charge is 0.0367 e. The van der Waals surface area contributed by atoms with Crippen LogP contribution in [0.1, 0.15) is 25.3 Å². The summed E-state index contributed by atoms with van der Waals surface area (Å²) < 4.78 is 0. The Morgan fingerprint density at radius 3 is 2.71 bits per heavy atom. The molecule has 0 N–H and O–H groups in total. The highest BCUT2D eigenvalue weighted by Crippen LogP contribution is 2.25. The number of benzene rings is 1. The minimum Gasteiger partial charge on any atom is -0.369 e. The van der Waals surface area contributed by atoms with E-state index in [4.69, 9.17) is 0 Å². The first-order chi connectivity index (χ1) is 8.36. The Hall–Kier alpha value is -1.02. The number of aryl methyl sites for hydroxylation is 1. The van der Waals surface area contributed by atoms with Gasteiger partial charge >= 0.3 is 0 Å². The lowest BCUT2D eigenvalue weighted by atomic mass is 10.1. The average molecular weight is 230 g/mol. The molecule has 1 aromatic carbocycles. The minimum atomic E-state index is 0.814. The lowest BCUT2D eigenvalue weighted by Crippen LogP contribution is -2.50. The third-order valence-electron chi connectivity index (χ3n) is 4.30. The Labute approximate surface area is 104 Å². The summed E-state index contributed by atoms with van der Waals surface area (Å²) in [4.78, 5) is 5.23. The van der Waals surface area contributed by atoms with Gasteiger partial charge in [0.2, 0.25) is 0 Å². The Morgan fingerprint density at radius 2 is 1.94 bits per heavy atom. The van der Waals surface area contributed by atoms with Crippen molar-refractivity contribution < 1.29 is 0 Å². The van der Waals surface area contributed by atoms with Gasteiger partial charge in [0.1, 0.15) is 0 Å². The molecular formula is C15H22N2. The van der Waals surface area contributed by atoms with Gasteiger partial charge in [-0.3, -0.25) is 4.90 Å². The highest BCUT2D eigenvalue weighted by atomic mass is 15.3. The van der Waals surface area contributed by atoms with Crippen molar-refractivity contribution in [1.29, 1.82) is 0 Å². The van der Waals surface area contributed by atoms with Crippen molar-refractivity contribution in [3.05, 3.63) is 29.8 Å². The van der Waals surface area contributed by atoms with Crippen molar-refractivity contribution in [2.24, 2.45) is 0 Å². The van der Waals surface area contributed by atoms with Gasteiger partial charge in [0.05, 0.1) is 0 Å². The van der Waals surface area contributed by atoms with E-state index in [0.717, 1.165) is 12.5 Å². The van der Waals surface area contributed by atoms with Crippen LogP contribution in [0.3, 0.4) is 0 Å². The van der Waals surface area contributed by atoms with E-state index in [-0.39, 0.29) is 0 Å². The molecule has 1 unspecified atom stereocenters. The van der Waals surface area contributed by atoms with Gasteiger partial charge in [0.15, 0.2) is 0 Å². The van der Waals surface area contributed by atoms with Crippen LogP contribution < -0.4 is 4.90 Å². The molecule has 0 amide bonds. The van der Waals surface area contributed by atoms with Crippen molar-refractivity contribution >= 4 is 5.69 Å². The van der Waals surface area contributed by atoms with Gasteiger partial charge < -0.3 is 4.90 Å². The highest BCUT2D eigenvalue weighted by molar-refractivity contribution is 5.48. The first-order valence-electron chi connectivity index (χ1n) is 6.95. The number of fused-ring (bicyclic) bond motifs is 1. The molecular weight excluding hydrogens is 208 g/mol. The van der Waals surface area contributed by atoms with Crippen LogP contribution in [0.5, 0.6) is 0 Å². The van der Waals surface area contributed by atoms with Crippen molar-refractivity contribution in [3.63, 3.8) is 0 Å². The second kappa shape index (κ2) is 4.69. The van der Waals surface area contributed by atoms with Crippen LogP contribution in [-0.4, -0.2) is 37.1 Å². The molecule has 17 heavy (non-hydrogen) atoms. The summed E-state index contributed by atoms with van der Waals surface area (Å²) in [7, 11) is 0. The normalized spacial score (nSPS) is 25.0. The monoisotopic (exact) mass is 230 g/mol. The quantitative estimate of drug-likeness (QED) is 0.770. The summed E-state index contributed by atoms with van der Waals surface area (Å²) in [6.07, 6.45) is 3.92. The van der Waals surface area contributed by atoms with E-state index < -0.39 is 0 Å². The summed E-state index contributed by atoms with van der Waals surface area (Å²) in [5.41, 5.74) is 2.85. The van der Waals surface area contributed by atoms with E-state index in [1.807, 2.05) is 0 Å². The molecule has 2 aliphatic heterocycles. The molecule has 0 radical (unpaired) electrons. The van der Waals surface area contributed by atoms with Crippen molar-refractivity contribution in [3.8, 4) is 0 Å². The number of nitrogens with zero attached hydrogens (tertiary/aromatic N) is 2. The molecule has 92 valence electrons. The zero-order valence-electron chi connectivity index (χ0n) is 10.7. The predicted molar refractivity (Wildman–Crippen MR) is 72.6 cm³/mol.